The fourth-order valence-electron chi connectivity index (χ4n) is 1.82. The zero-order chi connectivity index (χ0) is 14.6. The van der Waals surface area contributed by atoms with E-state index in [0.29, 0.717) is 18.3 Å². The van der Waals surface area contributed by atoms with Crippen molar-refractivity contribution in [3.63, 3.8) is 0 Å². The maximum atomic E-state index is 12.2. The number of hydrogen-bond acceptors (Lipinski definition) is 4. The van der Waals surface area contributed by atoms with Gasteiger partial charge in [0.1, 0.15) is 17.4 Å². The normalized spacial score (nSPS) is 14.8. The molecule has 0 fully saturated rings. The molecule has 0 amide bonds. The lowest BCUT2D eigenvalue weighted by atomic mass is 10.1. The molecule has 1 aromatic rings. The molecule has 7 heteroatoms. The third kappa shape index (κ3) is 4.41. The third-order valence-electron chi connectivity index (χ3n) is 2.64. The van der Waals surface area contributed by atoms with Crippen LogP contribution in [0.1, 0.15) is 33.5 Å². The largest absolute Gasteiger partial charge is 0.480 e. The highest BCUT2D eigenvalue weighted by Gasteiger charge is 2.29. The van der Waals surface area contributed by atoms with Crippen LogP contribution in [0.4, 0.5) is 0 Å². The number of carboxylic acids is 1. The van der Waals surface area contributed by atoms with Gasteiger partial charge in [0.25, 0.3) is 0 Å². The predicted octanol–water partition coefficient (Wildman–Crippen LogP) is 1.29. The average molecular weight is 287 g/mol. The van der Waals surface area contributed by atoms with Crippen molar-refractivity contribution in [2.75, 3.05) is 0 Å². The van der Waals surface area contributed by atoms with Crippen LogP contribution in [0.25, 0.3) is 0 Å². The van der Waals surface area contributed by atoms with Gasteiger partial charge >= 0.3 is 5.97 Å². The van der Waals surface area contributed by atoms with Crippen molar-refractivity contribution in [1.82, 2.24) is 14.8 Å². The van der Waals surface area contributed by atoms with Crippen LogP contribution < -0.4 is 0 Å². The molecule has 0 spiro atoms. The van der Waals surface area contributed by atoms with E-state index in [4.69, 9.17) is 5.11 Å². The van der Waals surface area contributed by atoms with Gasteiger partial charge in [-0.15, -0.1) is 0 Å². The SMILES string of the molecule is CC(C)Cn1ncnc1CS(=O)C(C(=O)O)C(C)C. The fourth-order valence-corrected chi connectivity index (χ4v) is 3.31. The molecule has 108 valence electrons. The van der Waals surface area contributed by atoms with E-state index in [2.05, 4.69) is 23.9 Å². The second kappa shape index (κ2) is 6.79. The number of nitrogens with zero attached hydrogens (tertiary/aromatic N) is 3. The van der Waals surface area contributed by atoms with Gasteiger partial charge in [0.2, 0.25) is 0 Å². The van der Waals surface area contributed by atoms with Gasteiger partial charge in [-0.3, -0.25) is 9.00 Å². The molecule has 0 saturated carbocycles. The molecule has 0 aromatic carbocycles. The highest BCUT2D eigenvalue weighted by atomic mass is 32.2. The summed E-state index contributed by atoms with van der Waals surface area (Å²) < 4.78 is 13.9. The van der Waals surface area contributed by atoms with Gasteiger partial charge in [0.15, 0.2) is 0 Å². The van der Waals surface area contributed by atoms with Crippen molar-refractivity contribution in [2.45, 2.75) is 45.2 Å². The highest BCUT2D eigenvalue weighted by molar-refractivity contribution is 7.85. The van der Waals surface area contributed by atoms with Gasteiger partial charge in [-0.1, -0.05) is 27.7 Å². The molecule has 0 aliphatic carbocycles. The summed E-state index contributed by atoms with van der Waals surface area (Å²) in [6.45, 7) is 8.31. The average Bonchev–Trinajstić information content (AvgIpc) is 2.63. The van der Waals surface area contributed by atoms with Crippen molar-refractivity contribution in [2.24, 2.45) is 11.8 Å². The van der Waals surface area contributed by atoms with Gasteiger partial charge < -0.3 is 5.11 Å². The Bertz CT molecular complexity index is 457. The molecular weight excluding hydrogens is 266 g/mol. The van der Waals surface area contributed by atoms with Crippen molar-refractivity contribution in [1.29, 1.82) is 0 Å². The molecule has 1 heterocycles. The van der Waals surface area contributed by atoms with Crippen LogP contribution in [0.2, 0.25) is 0 Å². The van der Waals surface area contributed by atoms with Crippen LogP contribution >= 0.6 is 0 Å². The Morgan fingerprint density at radius 1 is 1.42 bits per heavy atom. The Kier molecular flexibility index (Phi) is 5.65. The maximum absolute atomic E-state index is 12.2. The Hall–Kier alpha value is -1.24. The molecule has 19 heavy (non-hydrogen) atoms. The first-order valence-electron chi connectivity index (χ1n) is 6.29. The van der Waals surface area contributed by atoms with E-state index in [-0.39, 0.29) is 11.7 Å². The number of aliphatic carboxylic acids is 1. The molecule has 2 atom stereocenters. The quantitative estimate of drug-likeness (QED) is 0.817. The van der Waals surface area contributed by atoms with Crippen LogP contribution in [-0.4, -0.2) is 35.3 Å². The lowest BCUT2D eigenvalue weighted by Gasteiger charge is -2.16. The standard InChI is InChI=1S/C12H21N3O3S/c1-8(2)5-15-10(13-7-14-15)6-19(18)11(9(3)4)12(16)17/h7-9,11H,5-6H2,1-4H3,(H,16,17). The molecule has 0 saturated heterocycles. The minimum Gasteiger partial charge on any atom is -0.480 e. The summed E-state index contributed by atoms with van der Waals surface area (Å²) in [6.07, 6.45) is 1.42. The van der Waals surface area contributed by atoms with Crippen molar-refractivity contribution < 1.29 is 14.1 Å². The first-order valence-corrected chi connectivity index (χ1v) is 7.67. The van der Waals surface area contributed by atoms with Crippen LogP contribution in [0.15, 0.2) is 6.33 Å². The van der Waals surface area contributed by atoms with Gasteiger partial charge in [-0.2, -0.15) is 5.10 Å². The first kappa shape index (κ1) is 15.8. The number of carbonyl (C=O) groups is 1. The highest BCUT2D eigenvalue weighted by Crippen LogP contribution is 2.14. The van der Waals surface area contributed by atoms with Gasteiger partial charge in [0.05, 0.1) is 5.75 Å². The summed E-state index contributed by atoms with van der Waals surface area (Å²) in [6, 6.07) is 0. The topological polar surface area (TPSA) is 85.1 Å². The van der Waals surface area contributed by atoms with E-state index in [1.54, 1.807) is 18.5 Å². The van der Waals surface area contributed by atoms with E-state index < -0.39 is 22.0 Å². The van der Waals surface area contributed by atoms with Crippen molar-refractivity contribution in [3.8, 4) is 0 Å². The van der Waals surface area contributed by atoms with Crippen LogP contribution in [-0.2, 0) is 27.9 Å². The van der Waals surface area contributed by atoms with Crippen LogP contribution in [0.5, 0.6) is 0 Å². The molecule has 1 aromatic heterocycles. The van der Waals surface area contributed by atoms with Crippen molar-refractivity contribution in [3.05, 3.63) is 12.2 Å². The van der Waals surface area contributed by atoms with Crippen LogP contribution in [0, 0.1) is 11.8 Å². The van der Waals surface area contributed by atoms with E-state index in [9.17, 15) is 9.00 Å². The summed E-state index contributed by atoms with van der Waals surface area (Å²) in [5, 5.41) is 12.3. The summed E-state index contributed by atoms with van der Waals surface area (Å²) in [5.74, 6) is -0.0988. The minimum atomic E-state index is -1.50. The zero-order valence-electron chi connectivity index (χ0n) is 11.7. The van der Waals surface area contributed by atoms with E-state index in [1.807, 2.05) is 0 Å². The third-order valence-corrected chi connectivity index (χ3v) is 4.49. The number of aromatic nitrogens is 3. The monoisotopic (exact) mass is 287 g/mol. The molecule has 1 rings (SSSR count). The molecule has 0 aliphatic heterocycles. The van der Waals surface area contributed by atoms with E-state index in [0.717, 1.165) is 0 Å². The second-order valence-electron chi connectivity index (χ2n) is 5.28. The Morgan fingerprint density at radius 2 is 2.05 bits per heavy atom. The van der Waals surface area contributed by atoms with Crippen LogP contribution in [0.3, 0.4) is 0 Å². The molecule has 2 unspecified atom stereocenters. The maximum Gasteiger partial charge on any atom is 0.319 e. The number of rotatable bonds is 7. The van der Waals surface area contributed by atoms with E-state index in [1.165, 1.54) is 6.33 Å². The Labute approximate surface area is 115 Å². The summed E-state index contributed by atoms with van der Waals surface area (Å²) in [5.41, 5.74) is 0. The summed E-state index contributed by atoms with van der Waals surface area (Å²) in [7, 11) is -1.50. The summed E-state index contributed by atoms with van der Waals surface area (Å²) in [4.78, 5) is 15.2. The lowest BCUT2D eigenvalue weighted by Crippen LogP contribution is -2.32. The molecule has 0 radical (unpaired) electrons. The van der Waals surface area contributed by atoms with Gasteiger partial charge in [0, 0.05) is 17.3 Å². The summed E-state index contributed by atoms with van der Waals surface area (Å²) >= 11 is 0. The zero-order valence-corrected chi connectivity index (χ0v) is 12.6. The van der Waals surface area contributed by atoms with Gasteiger partial charge in [-0.25, -0.2) is 9.67 Å². The smallest absolute Gasteiger partial charge is 0.319 e. The minimum absolute atomic E-state index is 0.127. The van der Waals surface area contributed by atoms with E-state index >= 15 is 0 Å². The molecule has 1 N–H and O–H groups in total. The Balaban J connectivity index is 2.81. The second-order valence-corrected chi connectivity index (χ2v) is 6.84. The lowest BCUT2D eigenvalue weighted by molar-refractivity contribution is -0.137. The number of carboxylic acid groups (broad SMARTS) is 1. The molecular formula is C12H21N3O3S. The molecule has 0 bridgehead atoms. The molecule has 0 aliphatic rings. The Morgan fingerprint density at radius 3 is 2.53 bits per heavy atom. The first-order chi connectivity index (χ1) is 8.82. The molecule has 6 nitrogen and oxygen atoms in total. The van der Waals surface area contributed by atoms with Crippen molar-refractivity contribution >= 4 is 16.8 Å². The fraction of sp³-hybridized carbons (Fsp3) is 0.750. The predicted molar refractivity (Wildman–Crippen MR) is 73.0 cm³/mol. The number of hydrogen-bond donors (Lipinski definition) is 1. The van der Waals surface area contributed by atoms with Gasteiger partial charge in [-0.05, 0) is 11.8 Å².